The summed E-state index contributed by atoms with van der Waals surface area (Å²) in [7, 11) is 3.69. The first-order valence-electron chi connectivity index (χ1n) is 10.1. The SMILES string of the molecule is C=O.CN(C)C(N)=N[C@H]1c2cc(-c3cc(F)cc(Cl)c3)ccc2O[C@H]2CCC(O)C[C@H]21. The summed E-state index contributed by atoms with van der Waals surface area (Å²) in [4.78, 5) is 14.6. The second kappa shape index (κ2) is 9.66. The first kappa shape index (κ1) is 23.0. The molecule has 0 bridgehead atoms. The number of carbonyl (C=O) groups is 1. The Balaban J connectivity index is 0.00000132. The predicted molar refractivity (Wildman–Crippen MR) is 120 cm³/mol. The number of fused-ring (bicyclic) bond motifs is 2. The van der Waals surface area contributed by atoms with Gasteiger partial charge in [-0.15, -0.1) is 0 Å². The molecule has 3 N–H and O–H groups in total. The normalized spacial score (nSPS) is 24.7. The van der Waals surface area contributed by atoms with Gasteiger partial charge in [0.05, 0.1) is 12.1 Å². The Morgan fingerprint density at radius 3 is 2.65 bits per heavy atom. The van der Waals surface area contributed by atoms with E-state index < -0.39 is 0 Å². The molecule has 31 heavy (non-hydrogen) atoms. The molecule has 166 valence electrons. The molecule has 2 aliphatic rings. The molecule has 1 heterocycles. The van der Waals surface area contributed by atoms with Crippen molar-refractivity contribution in [3.63, 3.8) is 0 Å². The second-order valence-corrected chi connectivity index (χ2v) is 8.46. The number of nitrogens with zero attached hydrogens (tertiary/aromatic N) is 2. The van der Waals surface area contributed by atoms with Crippen molar-refractivity contribution in [2.45, 2.75) is 37.5 Å². The van der Waals surface area contributed by atoms with Crippen LogP contribution in [0.5, 0.6) is 5.75 Å². The molecule has 2 aromatic carbocycles. The van der Waals surface area contributed by atoms with Crippen molar-refractivity contribution in [1.29, 1.82) is 0 Å². The Kier molecular flexibility index (Phi) is 7.18. The van der Waals surface area contributed by atoms with Crippen LogP contribution >= 0.6 is 11.6 Å². The number of benzene rings is 2. The minimum absolute atomic E-state index is 0.0101. The fourth-order valence-corrected chi connectivity index (χ4v) is 4.46. The van der Waals surface area contributed by atoms with Gasteiger partial charge >= 0.3 is 0 Å². The first-order chi connectivity index (χ1) is 14.8. The highest BCUT2D eigenvalue weighted by molar-refractivity contribution is 6.30. The van der Waals surface area contributed by atoms with Crippen LogP contribution in [0.3, 0.4) is 0 Å². The van der Waals surface area contributed by atoms with Gasteiger partial charge in [0.1, 0.15) is 24.5 Å². The Hall–Kier alpha value is -2.64. The van der Waals surface area contributed by atoms with E-state index in [1.165, 1.54) is 12.1 Å². The van der Waals surface area contributed by atoms with Gasteiger partial charge in [-0.05, 0) is 60.7 Å². The monoisotopic (exact) mass is 447 g/mol. The number of ether oxygens (including phenoxy) is 1. The molecule has 0 aromatic heterocycles. The largest absolute Gasteiger partial charge is 0.490 e. The van der Waals surface area contributed by atoms with Gasteiger partial charge in [0.15, 0.2) is 5.96 Å². The standard InChI is InChI=1S/C22H25ClFN3O2.CH2O/c1-27(2)22(25)26-21-17-9-12(13-7-14(23)10-15(24)8-13)3-5-19(17)29-20-6-4-16(28)11-18(20)21;1-2/h3,5,7-10,16,18,20-21,28H,4,6,11H2,1-2H3,(H2,25,26);1H2/t16?,18-,20+,21+;/m1./s1. The van der Waals surface area contributed by atoms with Crippen LogP contribution in [0, 0.1) is 11.7 Å². The summed E-state index contributed by atoms with van der Waals surface area (Å²) in [5.41, 5.74) is 8.56. The van der Waals surface area contributed by atoms with Crippen LogP contribution in [0.15, 0.2) is 41.4 Å². The topological polar surface area (TPSA) is 88.2 Å². The van der Waals surface area contributed by atoms with Crippen molar-refractivity contribution >= 4 is 24.3 Å². The Bertz CT molecular complexity index is 949. The highest BCUT2D eigenvalue weighted by Gasteiger charge is 2.42. The molecule has 1 aliphatic heterocycles. The zero-order valence-corrected chi connectivity index (χ0v) is 18.3. The van der Waals surface area contributed by atoms with Crippen LogP contribution in [-0.4, -0.2) is 49.1 Å². The zero-order valence-electron chi connectivity index (χ0n) is 17.6. The quantitative estimate of drug-likeness (QED) is 0.540. The molecular formula is C23H27ClFN3O3. The zero-order chi connectivity index (χ0) is 22.7. The van der Waals surface area contributed by atoms with E-state index in [4.69, 9.17) is 31.9 Å². The van der Waals surface area contributed by atoms with E-state index in [0.717, 1.165) is 29.7 Å². The van der Waals surface area contributed by atoms with E-state index in [2.05, 4.69) is 0 Å². The predicted octanol–water partition coefficient (Wildman–Crippen LogP) is 3.80. The van der Waals surface area contributed by atoms with Gasteiger partial charge in [0, 0.05) is 30.6 Å². The minimum atomic E-state index is -0.386. The summed E-state index contributed by atoms with van der Waals surface area (Å²) < 4.78 is 20.1. The third-order valence-corrected chi connectivity index (χ3v) is 5.96. The van der Waals surface area contributed by atoms with E-state index in [1.54, 1.807) is 11.0 Å². The summed E-state index contributed by atoms with van der Waals surface area (Å²) in [6, 6.07) is 9.99. The molecule has 0 radical (unpaired) electrons. The van der Waals surface area contributed by atoms with Crippen LogP contribution in [0.1, 0.15) is 30.9 Å². The smallest absolute Gasteiger partial charge is 0.191 e. The number of halogens is 2. The van der Waals surface area contributed by atoms with E-state index in [-0.39, 0.29) is 30.0 Å². The lowest BCUT2D eigenvalue weighted by Gasteiger charge is -2.42. The van der Waals surface area contributed by atoms with Gasteiger partial charge in [-0.2, -0.15) is 0 Å². The van der Waals surface area contributed by atoms with Gasteiger partial charge in [0.25, 0.3) is 0 Å². The maximum Gasteiger partial charge on any atom is 0.191 e. The van der Waals surface area contributed by atoms with Gasteiger partial charge in [0.2, 0.25) is 0 Å². The van der Waals surface area contributed by atoms with Crippen molar-refractivity contribution in [2.24, 2.45) is 16.6 Å². The maximum absolute atomic E-state index is 13.9. The summed E-state index contributed by atoms with van der Waals surface area (Å²) >= 11 is 6.05. The van der Waals surface area contributed by atoms with Crippen LogP contribution in [0.2, 0.25) is 5.02 Å². The van der Waals surface area contributed by atoms with E-state index in [1.807, 2.05) is 39.1 Å². The number of hydrogen-bond acceptors (Lipinski definition) is 4. The molecule has 8 heteroatoms. The molecule has 4 atom stereocenters. The molecule has 0 saturated heterocycles. The minimum Gasteiger partial charge on any atom is -0.490 e. The lowest BCUT2D eigenvalue weighted by molar-refractivity contribution is -0.0980. The van der Waals surface area contributed by atoms with Crippen molar-refractivity contribution in [1.82, 2.24) is 4.90 Å². The highest BCUT2D eigenvalue weighted by atomic mass is 35.5. The summed E-state index contributed by atoms with van der Waals surface area (Å²) in [6.45, 7) is 2.00. The number of hydrogen-bond donors (Lipinski definition) is 2. The average molecular weight is 448 g/mol. The number of nitrogens with two attached hydrogens (primary N) is 1. The Labute approximate surface area is 186 Å². The van der Waals surface area contributed by atoms with Crippen molar-refractivity contribution < 1.29 is 19.0 Å². The molecule has 1 saturated carbocycles. The maximum atomic E-state index is 13.9. The molecule has 4 rings (SSSR count). The number of aliphatic hydroxyl groups is 1. The van der Waals surface area contributed by atoms with Crippen LogP contribution < -0.4 is 10.5 Å². The van der Waals surface area contributed by atoms with Gasteiger partial charge in [-0.1, -0.05) is 17.7 Å². The van der Waals surface area contributed by atoms with Crippen LogP contribution in [0.4, 0.5) is 4.39 Å². The molecule has 1 unspecified atom stereocenters. The fraction of sp³-hybridized carbons (Fsp3) is 0.391. The van der Waals surface area contributed by atoms with Crippen molar-refractivity contribution in [3.05, 3.63) is 52.8 Å². The van der Waals surface area contributed by atoms with Crippen LogP contribution in [0.25, 0.3) is 11.1 Å². The molecule has 1 aliphatic carbocycles. The first-order valence-corrected chi connectivity index (χ1v) is 10.4. The lowest BCUT2D eigenvalue weighted by Crippen LogP contribution is -2.43. The molecule has 6 nitrogen and oxygen atoms in total. The Morgan fingerprint density at radius 1 is 1.23 bits per heavy atom. The molecule has 2 aromatic rings. The lowest BCUT2D eigenvalue weighted by atomic mass is 9.75. The Morgan fingerprint density at radius 2 is 1.97 bits per heavy atom. The third-order valence-electron chi connectivity index (χ3n) is 5.74. The molecule has 0 spiro atoms. The van der Waals surface area contributed by atoms with E-state index in [9.17, 15) is 9.50 Å². The highest BCUT2D eigenvalue weighted by Crippen LogP contribution is 2.47. The van der Waals surface area contributed by atoms with Gasteiger partial charge in [-0.3, -0.25) is 0 Å². The van der Waals surface area contributed by atoms with Crippen molar-refractivity contribution in [3.8, 4) is 16.9 Å². The summed E-state index contributed by atoms with van der Waals surface area (Å²) in [5, 5.41) is 10.6. The fourth-order valence-electron chi connectivity index (χ4n) is 4.24. The number of rotatable bonds is 2. The number of aliphatic hydroxyl groups excluding tert-OH is 1. The molecular weight excluding hydrogens is 421 g/mol. The van der Waals surface area contributed by atoms with E-state index >= 15 is 0 Å². The number of aliphatic imine (C=N–C) groups is 1. The van der Waals surface area contributed by atoms with Gasteiger partial charge in [-0.25, -0.2) is 9.38 Å². The van der Waals surface area contributed by atoms with Gasteiger partial charge < -0.3 is 25.3 Å². The van der Waals surface area contributed by atoms with Crippen molar-refractivity contribution in [2.75, 3.05) is 14.1 Å². The summed E-state index contributed by atoms with van der Waals surface area (Å²) in [6.07, 6.45) is 1.72. The van der Waals surface area contributed by atoms with Crippen LogP contribution in [-0.2, 0) is 4.79 Å². The number of carbonyl (C=O) groups excluding carboxylic acids is 1. The summed E-state index contributed by atoms with van der Waals surface area (Å²) in [5.74, 6) is 0.814. The molecule has 1 fully saturated rings. The van der Waals surface area contributed by atoms with E-state index in [0.29, 0.717) is 23.0 Å². The average Bonchev–Trinajstić information content (AvgIpc) is 2.74. The molecule has 0 amide bonds. The third kappa shape index (κ3) is 4.99. The number of guanidine groups is 1. The second-order valence-electron chi connectivity index (χ2n) is 8.02.